The van der Waals surface area contributed by atoms with Crippen molar-refractivity contribution in [3.05, 3.63) is 23.0 Å². The number of ether oxygens (including phenoxy) is 2. The van der Waals surface area contributed by atoms with Crippen molar-refractivity contribution < 1.29 is 14.0 Å². The van der Waals surface area contributed by atoms with E-state index in [1.54, 1.807) is 19.2 Å². The molecular formula is C13H16ClN3O3. The van der Waals surface area contributed by atoms with E-state index in [2.05, 4.69) is 10.1 Å². The van der Waals surface area contributed by atoms with E-state index in [0.29, 0.717) is 40.2 Å². The molecule has 2 N–H and O–H groups in total. The normalized spacial score (nSPS) is 12.4. The molecule has 0 spiro atoms. The molecular weight excluding hydrogens is 282 g/mol. The molecule has 1 aromatic heterocycles. The van der Waals surface area contributed by atoms with E-state index in [-0.39, 0.29) is 6.10 Å². The molecule has 1 unspecified atom stereocenters. The molecule has 7 heteroatoms. The Hall–Kier alpha value is -1.79. The lowest BCUT2D eigenvalue weighted by molar-refractivity contribution is 0.116. The van der Waals surface area contributed by atoms with Crippen LogP contribution < -0.4 is 10.5 Å². The number of nitrogen functional groups attached to an aromatic ring is 1. The van der Waals surface area contributed by atoms with Gasteiger partial charge in [-0.3, -0.25) is 0 Å². The smallest absolute Gasteiger partial charge is 0.261 e. The number of nitrogens with two attached hydrogens (primary N) is 1. The van der Waals surface area contributed by atoms with Crippen LogP contribution in [0.5, 0.6) is 5.75 Å². The summed E-state index contributed by atoms with van der Waals surface area (Å²) >= 11 is 6.02. The molecule has 0 aliphatic heterocycles. The number of aromatic nitrogens is 2. The van der Waals surface area contributed by atoms with Gasteiger partial charge in [0.05, 0.1) is 29.5 Å². The van der Waals surface area contributed by atoms with Crippen molar-refractivity contribution in [3.8, 4) is 17.2 Å². The monoisotopic (exact) mass is 297 g/mol. The van der Waals surface area contributed by atoms with Crippen molar-refractivity contribution in [1.29, 1.82) is 0 Å². The average Bonchev–Trinajstić information content (AvgIpc) is 2.89. The molecule has 0 radical (unpaired) electrons. The molecule has 1 aromatic carbocycles. The zero-order chi connectivity index (χ0) is 14.7. The molecule has 2 rings (SSSR count). The first-order chi connectivity index (χ1) is 9.55. The SMILES string of the molecule is COc1cc(N)c(Cl)cc1-c1nc(CC(C)OC)no1. The molecule has 108 valence electrons. The highest BCUT2D eigenvalue weighted by atomic mass is 35.5. The molecule has 20 heavy (non-hydrogen) atoms. The quantitative estimate of drug-likeness (QED) is 0.854. The van der Waals surface area contributed by atoms with Crippen LogP contribution in [0.3, 0.4) is 0 Å². The third-order valence-electron chi connectivity index (χ3n) is 2.89. The number of benzene rings is 1. The van der Waals surface area contributed by atoms with Gasteiger partial charge in [0, 0.05) is 19.6 Å². The molecule has 0 saturated heterocycles. The Morgan fingerprint density at radius 1 is 1.40 bits per heavy atom. The minimum atomic E-state index is 0.0114. The lowest BCUT2D eigenvalue weighted by atomic mass is 10.1. The number of halogens is 1. The second-order valence-corrected chi connectivity index (χ2v) is 4.75. The fourth-order valence-corrected chi connectivity index (χ4v) is 1.86. The molecule has 1 heterocycles. The maximum absolute atomic E-state index is 6.02. The summed E-state index contributed by atoms with van der Waals surface area (Å²) in [6.07, 6.45) is 0.572. The highest BCUT2D eigenvalue weighted by Crippen LogP contribution is 2.35. The Bertz CT molecular complexity index is 601. The van der Waals surface area contributed by atoms with Gasteiger partial charge < -0.3 is 19.7 Å². The zero-order valence-electron chi connectivity index (χ0n) is 11.5. The van der Waals surface area contributed by atoms with E-state index in [1.807, 2.05) is 6.92 Å². The second kappa shape index (κ2) is 6.11. The summed E-state index contributed by atoms with van der Waals surface area (Å²) in [5.41, 5.74) is 6.77. The molecule has 0 fully saturated rings. The van der Waals surface area contributed by atoms with Gasteiger partial charge in [-0.15, -0.1) is 0 Å². The van der Waals surface area contributed by atoms with Crippen LogP contribution in [0.1, 0.15) is 12.7 Å². The summed E-state index contributed by atoms with van der Waals surface area (Å²) in [6, 6.07) is 3.27. The second-order valence-electron chi connectivity index (χ2n) is 4.34. The van der Waals surface area contributed by atoms with Gasteiger partial charge in [0.2, 0.25) is 0 Å². The number of nitrogens with zero attached hydrogens (tertiary/aromatic N) is 2. The average molecular weight is 298 g/mol. The Morgan fingerprint density at radius 2 is 2.15 bits per heavy atom. The van der Waals surface area contributed by atoms with Crippen LogP contribution in [-0.4, -0.2) is 30.5 Å². The fourth-order valence-electron chi connectivity index (χ4n) is 1.69. The maximum atomic E-state index is 6.02. The van der Waals surface area contributed by atoms with Gasteiger partial charge in [0.15, 0.2) is 5.82 Å². The van der Waals surface area contributed by atoms with Crippen molar-refractivity contribution >= 4 is 17.3 Å². The first-order valence-corrected chi connectivity index (χ1v) is 6.41. The van der Waals surface area contributed by atoms with Crippen LogP contribution in [0.15, 0.2) is 16.7 Å². The lowest BCUT2D eigenvalue weighted by Gasteiger charge is -2.07. The Balaban J connectivity index is 2.34. The van der Waals surface area contributed by atoms with Crippen molar-refractivity contribution in [1.82, 2.24) is 10.1 Å². The van der Waals surface area contributed by atoms with Gasteiger partial charge in [-0.05, 0) is 13.0 Å². The predicted molar refractivity (Wildman–Crippen MR) is 75.9 cm³/mol. The van der Waals surface area contributed by atoms with E-state index in [4.69, 9.17) is 31.3 Å². The van der Waals surface area contributed by atoms with Gasteiger partial charge in [-0.1, -0.05) is 16.8 Å². The standard InChI is InChI=1S/C13H16ClN3O3/c1-7(18-2)4-12-16-13(20-17-12)8-5-9(14)10(15)6-11(8)19-3/h5-7H,4,15H2,1-3H3. The maximum Gasteiger partial charge on any atom is 0.261 e. The van der Waals surface area contributed by atoms with Crippen molar-refractivity contribution in [2.24, 2.45) is 0 Å². The van der Waals surface area contributed by atoms with Gasteiger partial charge in [-0.2, -0.15) is 4.98 Å². The van der Waals surface area contributed by atoms with Crippen LogP contribution in [0.2, 0.25) is 5.02 Å². The summed E-state index contributed by atoms with van der Waals surface area (Å²) < 4.78 is 15.7. The zero-order valence-corrected chi connectivity index (χ0v) is 12.3. The van der Waals surface area contributed by atoms with Crippen LogP contribution in [0.25, 0.3) is 11.5 Å². The predicted octanol–water partition coefficient (Wildman–Crippen LogP) is 2.56. The van der Waals surface area contributed by atoms with E-state index >= 15 is 0 Å². The van der Waals surface area contributed by atoms with Crippen molar-refractivity contribution in [2.45, 2.75) is 19.4 Å². The molecule has 1 atom stereocenters. The van der Waals surface area contributed by atoms with Crippen LogP contribution >= 0.6 is 11.6 Å². The highest BCUT2D eigenvalue weighted by molar-refractivity contribution is 6.33. The third kappa shape index (κ3) is 3.02. The summed E-state index contributed by atoms with van der Waals surface area (Å²) in [6.45, 7) is 1.93. The van der Waals surface area contributed by atoms with E-state index in [1.165, 1.54) is 7.11 Å². The van der Waals surface area contributed by atoms with E-state index < -0.39 is 0 Å². The molecule has 0 aliphatic rings. The van der Waals surface area contributed by atoms with Gasteiger partial charge >= 0.3 is 0 Å². The minimum Gasteiger partial charge on any atom is -0.496 e. The van der Waals surface area contributed by atoms with Gasteiger partial charge in [0.25, 0.3) is 5.89 Å². The molecule has 2 aromatic rings. The highest BCUT2D eigenvalue weighted by Gasteiger charge is 2.17. The molecule has 0 amide bonds. The number of methoxy groups -OCH3 is 2. The summed E-state index contributed by atoms with van der Waals surface area (Å²) in [7, 11) is 3.17. The summed E-state index contributed by atoms with van der Waals surface area (Å²) in [5, 5.41) is 4.32. The number of hydrogen-bond acceptors (Lipinski definition) is 6. The first kappa shape index (κ1) is 14.6. The molecule has 0 saturated carbocycles. The van der Waals surface area contributed by atoms with Crippen LogP contribution in [0.4, 0.5) is 5.69 Å². The van der Waals surface area contributed by atoms with Gasteiger partial charge in [-0.25, -0.2) is 0 Å². The largest absolute Gasteiger partial charge is 0.496 e. The van der Waals surface area contributed by atoms with E-state index in [0.717, 1.165) is 0 Å². The number of anilines is 1. The first-order valence-electron chi connectivity index (χ1n) is 6.04. The minimum absolute atomic E-state index is 0.0114. The molecule has 0 aliphatic carbocycles. The lowest BCUT2D eigenvalue weighted by Crippen LogP contribution is -2.09. The number of hydrogen-bond donors (Lipinski definition) is 1. The topological polar surface area (TPSA) is 83.4 Å². The fraction of sp³-hybridized carbons (Fsp3) is 0.385. The molecule has 6 nitrogen and oxygen atoms in total. The van der Waals surface area contributed by atoms with Crippen LogP contribution in [0, 0.1) is 0 Å². The van der Waals surface area contributed by atoms with Crippen molar-refractivity contribution in [2.75, 3.05) is 20.0 Å². The summed E-state index contributed by atoms with van der Waals surface area (Å²) in [5.74, 6) is 1.42. The third-order valence-corrected chi connectivity index (χ3v) is 3.22. The van der Waals surface area contributed by atoms with Crippen LogP contribution in [-0.2, 0) is 11.2 Å². The van der Waals surface area contributed by atoms with E-state index in [9.17, 15) is 0 Å². The van der Waals surface area contributed by atoms with Gasteiger partial charge in [0.1, 0.15) is 5.75 Å². The molecule has 0 bridgehead atoms. The Labute approximate surface area is 121 Å². The Morgan fingerprint density at radius 3 is 2.80 bits per heavy atom. The van der Waals surface area contributed by atoms with Crippen molar-refractivity contribution in [3.63, 3.8) is 0 Å². The Kier molecular flexibility index (Phi) is 4.46. The summed E-state index contributed by atoms with van der Waals surface area (Å²) in [4.78, 5) is 4.31. The number of rotatable bonds is 5.